The van der Waals surface area contributed by atoms with E-state index in [1.165, 1.54) is 17.8 Å². The molecule has 0 radical (unpaired) electrons. The van der Waals surface area contributed by atoms with Crippen LogP contribution in [0.1, 0.15) is 35.7 Å². The summed E-state index contributed by atoms with van der Waals surface area (Å²) < 4.78 is 0.996. The van der Waals surface area contributed by atoms with E-state index in [1.807, 2.05) is 24.0 Å². The van der Waals surface area contributed by atoms with Crippen LogP contribution < -0.4 is 5.73 Å². The third-order valence-electron chi connectivity index (χ3n) is 3.89. The summed E-state index contributed by atoms with van der Waals surface area (Å²) in [6.07, 6.45) is 2.31. The quantitative estimate of drug-likeness (QED) is 0.877. The van der Waals surface area contributed by atoms with Gasteiger partial charge in [0.2, 0.25) is 0 Å². The number of aryl methyl sites for hydroxylation is 1. The number of anilines is 1. The lowest BCUT2D eigenvalue weighted by atomic mass is 9.99. The molecular formula is C15H19N3OS. The number of nitrogen functional groups attached to an aromatic ring is 1. The molecule has 0 unspecified atom stereocenters. The second kappa shape index (κ2) is 5.05. The zero-order valence-electron chi connectivity index (χ0n) is 11.8. The number of nitrogens with zero attached hydrogens (tertiary/aromatic N) is 2. The molecule has 20 heavy (non-hydrogen) atoms. The fourth-order valence-corrected chi connectivity index (χ4v) is 3.75. The van der Waals surface area contributed by atoms with Crippen LogP contribution >= 0.6 is 11.3 Å². The van der Waals surface area contributed by atoms with Crippen molar-refractivity contribution in [3.8, 4) is 0 Å². The normalized spacial score (nSPS) is 19.5. The number of fused-ring (bicyclic) bond motifs is 1. The van der Waals surface area contributed by atoms with Crippen molar-refractivity contribution in [3.05, 3.63) is 23.3 Å². The maximum atomic E-state index is 12.6. The van der Waals surface area contributed by atoms with Crippen LogP contribution in [-0.2, 0) is 0 Å². The second-order valence-electron chi connectivity index (χ2n) is 5.69. The van der Waals surface area contributed by atoms with Crippen LogP contribution in [0.2, 0.25) is 0 Å². The molecule has 1 aliphatic heterocycles. The Morgan fingerprint density at radius 1 is 1.50 bits per heavy atom. The Bertz CT molecular complexity index is 664. The lowest BCUT2D eigenvalue weighted by molar-refractivity contribution is 0.0683. The first-order valence-corrected chi connectivity index (χ1v) is 7.82. The SMILES string of the molecule is Cc1cc(C(=O)N2CCC[C@@H](C)C2)cc2sc(N)nc12. The number of amides is 1. The van der Waals surface area contributed by atoms with Crippen molar-refractivity contribution in [2.24, 2.45) is 5.92 Å². The van der Waals surface area contributed by atoms with Crippen molar-refractivity contribution in [1.29, 1.82) is 0 Å². The highest BCUT2D eigenvalue weighted by atomic mass is 32.1. The smallest absolute Gasteiger partial charge is 0.253 e. The Hall–Kier alpha value is -1.62. The molecule has 106 valence electrons. The van der Waals surface area contributed by atoms with E-state index >= 15 is 0 Å². The Kier molecular flexibility index (Phi) is 3.38. The molecule has 1 saturated heterocycles. The van der Waals surface area contributed by atoms with E-state index < -0.39 is 0 Å². The summed E-state index contributed by atoms with van der Waals surface area (Å²) in [7, 11) is 0. The molecule has 4 nitrogen and oxygen atoms in total. The highest BCUT2D eigenvalue weighted by Gasteiger charge is 2.22. The van der Waals surface area contributed by atoms with Crippen LogP contribution in [0.4, 0.5) is 5.13 Å². The number of likely N-dealkylation sites (tertiary alicyclic amines) is 1. The lowest BCUT2D eigenvalue weighted by Crippen LogP contribution is -2.39. The van der Waals surface area contributed by atoms with Gasteiger partial charge in [0.25, 0.3) is 5.91 Å². The number of nitrogens with two attached hydrogens (primary N) is 1. The van der Waals surface area contributed by atoms with Gasteiger partial charge in [0.1, 0.15) is 0 Å². The summed E-state index contributed by atoms with van der Waals surface area (Å²) in [4.78, 5) is 18.9. The third kappa shape index (κ3) is 2.38. The van der Waals surface area contributed by atoms with Gasteiger partial charge >= 0.3 is 0 Å². The molecule has 2 heterocycles. The number of piperidine rings is 1. The Morgan fingerprint density at radius 3 is 3.05 bits per heavy atom. The largest absolute Gasteiger partial charge is 0.375 e. The molecule has 0 aliphatic carbocycles. The van der Waals surface area contributed by atoms with Crippen LogP contribution in [0.15, 0.2) is 12.1 Å². The second-order valence-corrected chi connectivity index (χ2v) is 6.75. The molecule has 1 amide bonds. The van der Waals surface area contributed by atoms with Gasteiger partial charge < -0.3 is 10.6 Å². The molecule has 0 saturated carbocycles. The number of benzene rings is 1. The van der Waals surface area contributed by atoms with Gasteiger partial charge in [0.05, 0.1) is 10.2 Å². The molecular weight excluding hydrogens is 270 g/mol. The summed E-state index contributed by atoms with van der Waals surface area (Å²) in [5.74, 6) is 0.727. The minimum atomic E-state index is 0.133. The molecule has 2 aromatic rings. The summed E-state index contributed by atoms with van der Waals surface area (Å²) in [5, 5.41) is 0.555. The standard InChI is InChI=1S/C15H19N3OS/c1-9-4-3-5-18(8-9)14(19)11-6-10(2)13-12(7-11)20-15(16)17-13/h6-7,9H,3-5,8H2,1-2H3,(H2,16,17)/t9-/m1/s1. The number of carbonyl (C=O) groups excluding carboxylic acids is 1. The topological polar surface area (TPSA) is 59.2 Å². The van der Waals surface area contributed by atoms with Crippen molar-refractivity contribution >= 4 is 32.6 Å². The van der Waals surface area contributed by atoms with Crippen LogP contribution in [0.3, 0.4) is 0 Å². The maximum Gasteiger partial charge on any atom is 0.253 e. The molecule has 1 atom stereocenters. The molecule has 2 N–H and O–H groups in total. The van der Waals surface area contributed by atoms with Gasteiger partial charge in [-0.3, -0.25) is 4.79 Å². The van der Waals surface area contributed by atoms with Crippen molar-refractivity contribution < 1.29 is 4.79 Å². The third-order valence-corrected chi connectivity index (χ3v) is 4.72. The van der Waals surface area contributed by atoms with Crippen molar-refractivity contribution in [1.82, 2.24) is 9.88 Å². The van der Waals surface area contributed by atoms with Crippen molar-refractivity contribution in [2.45, 2.75) is 26.7 Å². The average Bonchev–Trinajstić information content (AvgIpc) is 2.79. The van der Waals surface area contributed by atoms with E-state index in [0.717, 1.165) is 40.9 Å². The van der Waals surface area contributed by atoms with Crippen LogP contribution in [0.25, 0.3) is 10.2 Å². The number of carbonyl (C=O) groups is 1. The summed E-state index contributed by atoms with van der Waals surface area (Å²) in [6.45, 7) is 5.92. The number of aromatic nitrogens is 1. The molecule has 0 spiro atoms. The Balaban J connectivity index is 1.95. The highest BCUT2D eigenvalue weighted by Crippen LogP contribution is 2.28. The zero-order valence-corrected chi connectivity index (χ0v) is 12.7. The lowest BCUT2D eigenvalue weighted by Gasteiger charge is -2.31. The van der Waals surface area contributed by atoms with Crippen LogP contribution in [0.5, 0.6) is 0 Å². The Labute approximate surface area is 122 Å². The average molecular weight is 289 g/mol. The fraction of sp³-hybridized carbons (Fsp3) is 0.467. The summed E-state index contributed by atoms with van der Waals surface area (Å²) >= 11 is 1.44. The minimum absolute atomic E-state index is 0.133. The maximum absolute atomic E-state index is 12.6. The van der Waals surface area contributed by atoms with E-state index in [1.54, 1.807) is 0 Å². The predicted molar refractivity (Wildman–Crippen MR) is 83.1 cm³/mol. The minimum Gasteiger partial charge on any atom is -0.375 e. The highest BCUT2D eigenvalue weighted by molar-refractivity contribution is 7.22. The predicted octanol–water partition coefficient (Wildman–Crippen LogP) is 3.06. The van der Waals surface area contributed by atoms with Gasteiger partial charge in [0, 0.05) is 18.7 Å². The van der Waals surface area contributed by atoms with Crippen molar-refractivity contribution in [3.63, 3.8) is 0 Å². The van der Waals surface area contributed by atoms with Gasteiger partial charge in [0.15, 0.2) is 5.13 Å². The number of thiazole rings is 1. The first kappa shape index (κ1) is 13.4. The fourth-order valence-electron chi connectivity index (χ4n) is 2.89. The van der Waals surface area contributed by atoms with Gasteiger partial charge in [-0.05, 0) is 43.4 Å². The summed E-state index contributed by atoms with van der Waals surface area (Å²) in [5.41, 5.74) is 8.45. The van der Waals surface area contributed by atoms with Gasteiger partial charge in [-0.1, -0.05) is 18.3 Å². The van der Waals surface area contributed by atoms with E-state index in [9.17, 15) is 4.79 Å². The van der Waals surface area contributed by atoms with Crippen LogP contribution in [0, 0.1) is 12.8 Å². The van der Waals surface area contributed by atoms with Crippen molar-refractivity contribution in [2.75, 3.05) is 18.8 Å². The molecule has 1 aromatic heterocycles. The first-order chi connectivity index (χ1) is 9.54. The van der Waals surface area contributed by atoms with E-state index in [0.29, 0.717) is 11.0 Å². The van der Waals surface area contributed by atoms with Crippen LogP contribution in [-0.4, -0.2) is 28.9 Å². The number of hydrogen-bond acceptors (Lipinski definition) is 4. The monoisotopic (exact) mass is 289 g/mol. The van der Waals surface area contributed by atoms with E-state index in [4.69, 9.17) is 5.73 Å². The summed E-state index contributed by atoms with van der Waals surface area (Å²) in [6, 6.07) is 3.86. The van der Waals surface area contributed by atoms with Gasteiger partial charge in [-0.2, -0.15) is 0 Å². The van der Waals surface area contributed by atoms with Gasteiger partial charge in [-0.15, -0.1) is 0 Å². The zero-order chi connectivity index (χ0) is 14.3. The Morgan fingerprint density at radius 2 is 2.30 bits per heavy atom. The van der Waals surface area contributed by atoms with E-state index in [2.05, 4.69) is 11.9 Å². The van der Waals surface area contributed by atoms with Gasteiger partial charge in [-0.25, -0.2) is 4.98 Å². The molecule has 0 bridgehead atoms. The molecule has 5 heteroatoms. The number of rotatable bonds is 1. The number of hydrogen-bond donors (Lipinski definition) is 1. The molecule has 1 aliphatic rings. The molecule has 1 aromatic carbocycles. The molecule has 1 fully saturated rings. The molecule has 3 rings (SSSR count). The van der Waals surface area contributed by atoms with E-state index in [-0.39, 0.29) is 5.91 Å². The first-order valence-electron chi connectivity index (χ1n) is 7.00.